The van der Waals surface area contributed by atoms with Crippen LogP contribution in [0.3, 0.4) is 0 Å². The molecule has 1 saturated carbocycles. The minimum Gasteiger partial charge on any atom is -0.344 e. The predicted molar refractivity (Wildman–Crippen MR) is 80.9 cm³/mol. The van der Waals surface area contributed by atoms with Crippen LogP contribution in [0.25, 0.3) is 0 Å². The lowest BCUT2D eigenvalue weighted by Crippen LogP contribution is -2.55. The Bertz CT molecular complexity index is 452. The lowest BCUT2D eigenvalue weighted by atomic mass is 9.88. The van der Waals surface area contributed by atoms with E-state index in [0.29, 0.717) is 39.0 Å². The van der Waals surface area contributed by atoms with E-state index in [9.17, 15) is 14.4 Å². The lowest BCUT2D eigenvalue weighted by Gasteiger charge is -2.38. The quantitative estimate of drug-likeness (QED) is 0.808. The molecule has 0 aromatic heterocycles. The van der Waals surface area contributed by atoms with Crippen LogP contribution in [0.2, 0.25) is 0 Å². The zero-order chi connectivity index (χ0) is 15.5. The van der Waals surface area contributed by atoms with E-state index in [1.165, 1.54) is 6.42 Å². The summed E-state index contributed by atoms with van der Waals surface area (Å²) in [5.41, 5.74) is 0. The molecule has 2 saturated heterocycles. The fourth-order valence-corrected chi connectivity index (χ4v) is 3.77. The molecular formula is C16H25N3O3. The van der Waals surface area contributed by atoms with Crippen LogP contribution in [-0.2, 0) is 14.4 Å². The molecular weight excluding hydrogens is 282 g/mol. The number of hydrogen-bond acceptors (Lipinski definition) is 3. The van der Waals surface area contributed by atoms with Crippen LogP contribution in [0, 0.1) is 5.92 Å². The molecule has 1 N–H and O–H groups in total. The lowest BCUT2D eigenvalue weighted by molar-refractivity contribution is -0.143. The zero-order valence-electron chi connectivity index (χ0n) is 13.1. The first-order valence-electron chi connectivity index (χ1n) is 8.52. The first kappa shape index (κ1) is 15.3. The molecule has 0 bridgehead atoms. The third-order valence-electron chi connectivity index (χ3n) is 5.15. The van der Waals surface area contributed by atoms with E-state index in [1.807, 2.05) is 4.90 Å². The van der Waals surface area contributed by atoms with Gasteiger partial charge in [0.25, 0.3) is 0 Å². The second-order valence-corrected chi connectivity index (χ2v) is 6.64. The molecule has 0 spiro atoms. The standard InChI is InChI=1S/C16H25N3O3/c20-14-7-6-13(17-14)16(22)19-10-8-18(9-11-19)15(21)12-4-2-1-3-5-12/h12-13H,1-11H2,(H,17,20). The summed E-state index contributed by atoms with van der Waals surface area (Å²) >= 11 is 0. The second-order valence-electron chi connectivity index (χ2n) is 6.64. The van der Waals surface area contributed by atoms with E-state index >= 15 is 0 Å². The molecule has 1 unspecified atom stereocenters. The molecule has 6 nitrogen and oxygen atoms in total. The van der Waals surface area contributed by atoms with Crippen LogP contribution >= 0.6 is 0 Å². The van der Waals surface area contributed by atoms with Crippen molar-refractivity contribution < 1.29 is 14.4 Å². The molecule has 3 rings (SSSR count). The van der Waals surface area contributed by atoms with Gasteiger partial charge in [0, 0.05) is 38.5 Å². The average molecular weight is 307 g/mol. The Morgan fingerprint density at radius 2 is 1.45 bits per heavy atom. The minimum atomic E-state index is -0.354. The van der Waals surface area contributed by atoms with Crippen LogP contribution in [0.1, 0.15) is 44.9 Å². The summed E-state index contributed by atoms with van der Waals surface area (Å²) in [6.45, 7) is 2.43. The molecule has 0 aromatic carbocycles. The van der Waals surface area contributed by atoms with Crippen molar-refractivity contribution in [1.29, 1.82) is 0 Å². The van der Waals surface area contributed by atoms with E-state index in [1.54, 1.807) is 4.90 Å². The first-order chi connectivity index (χ1) is 10.6. The van der Waals surface area contributed by atoms with Gasteiger partial charge in [-0.25, -0.2) is 0 Å². The van der Waals surface area contributed by atoms with Gasteiger partial charge in [-0.3, -0.25) is 14.4 Å². The van der Waals surface area contributed by atoms with Crippen molar-refractivity contribution in [3.8, 4) is 0 Å². The van der Waals surface area contributed by atoms with Gasteiger partial charge in [-0.2, -0.15) is 0 Å². The molecule has 122 valence electrons. The van der Waals surface area contributed by atoms with E-state index in [4.69, 9.17) is 0 Å². The summed E-state index contributed by atoms with van der Waals surface area (Å²) in [5.74, 6) is 0.450. The van der Waals surface area contributed by atoms with Gasteiger partial charge in [0.1, 0.15) is 6.04 Å². The van der Waals surface area contributed by atoms with Crippen molar-refractivity contribution in [3.05, 3.63) is 0 Å². The van der Waals surface area contributed by atoms with Crippen molar-refractivity contribution in [2.24, 2.45) is 5.92 Å². The van der Waals surface area contributed by atoms with Crippen LogP contribution < -0.4 is 5.32 Å². The number of amides is 3. The van der Waals surface area contributed by atoms with E-state index in [-0.39, 0.29) is 29.7 Å². The van der Waals surface area contributed by atoms with Crippen molar-refractivity contribution in [1.82, 2.24) is 15.1 Å². The zero-order valence-corrected chi connectivity index (χ0v) is 13.1. The van der Waals surface area contributed by atoms with E-state index in [0.717, 1.165) is 25.7 Å². The van der Waals surface area contributed by atoms with Crippen LogP contribution in [0.5, 0.6) is 0 Å². The van der Waals surface area contributed by atoms with Gasteiger partial charge in [0.05, 0.1) is 0 Å². The predicted octanol–water partition coefficient (Wildman–Crippen LogP) is 0.516. The first-order valence-corrected chi connectivity index (χ1v) is 8.52. The molecule has 22 heavy (non-hydrogen) atoms. The number of carbonyl (C=O) groups excluding carboxylic acids is 3. The maximum atomic E-state index is 12.5. The smallest absolute Gasteiger partial charge is 0.245 e. The summed E-state index contributed by atoms with van der Waals surface area (Å²) in [6.07, 6.45) is 6.65. The summed E-state index contributed by atoms with van der Waals surface area (Å²) in [5, 5.41) is 2.73. The molecule has 2 heterocycles. The molecule has 0 aromatic rings. The van der Waals surface area contributed by atoms with Gasteiger partial charge in [-0.15, -0.1) is 0 Å². The topological polar surface area (TPSA) is 69.7 Å². The fraction of sp³-hybridized carbons (Fsp3) is 0.812. The summed E-state index contributed by atoms with van der Waals surface area (Å²) < 4.78 is 0. The Kier molecular flexibility index (Phi) is 4.64. The number of rotatable bonds is 2. The number of piperazine rings is 1. The summed E-state index contributed by atoms with van der Waals surface area (Å²) in [7, 11) is 0. The van der Waals surface area contributed by atoms with Crippen molar-refractivity contribution in [2.45, 2.75) is 51.0 Å². The fourth-order valence-electron chi connectivity index (χ4n) is 3.77. The average Bonchev–Trinajstić information content (AvgIpc) is 3.01. The maximum Gasteiger partial charge on any atom is 0.245 e. The van der Waals surface area contributed by atoms with Crippen molar-refractivity contribution >= 4 is 17.7 Å². The van der Waals surface area contributed by atoms with Gasteiger partial charge >= 0.3 is 0 Å². The van der Waals surface area contributed by atoms with Gasteiger partial charge < -0.3 is 15.1 Å². The monoisotopic (exact) mass is 307 g/mol. The third kappa shape index (κ3) is 3.25. The highest BCUT2D eigenvalue weighted by molar-refractivity contribution is 5.91. The molecule has 3 amide bonds. The SMILES string of the molecule is O=C1CCC(C(=O)N2CCN(C(=O)C3CCCCC3)CC2)N1. The summed E-state index contributed by atoms with van der Waals surface area (Å²) in [6, 6.07) is -0.354. The van der Waals surface area contributed by atoms with Crippen LogP contribution in [-0.4, -0.2) is 59.7 Å². The molecule has 1 aliphatic carbocycles. The Morgan fingerprint density at radius 3 is 2.00 bits per heavy atom. The second kappa shape index (κ2) is 6.67. The minimum absolute atomic E-state index is 0.00983. The van der Waals surface area contributed by atoms with Gasteiger partial charge in [-0.05, 0) is 19.3 Å². The Labute approximate surface area is 131 Å². The molecule has 6 heteroatoms. The summed E-state index contributed by atoms with van der Waals surface area (Å²) in [4.78, 5) is 39.8. The van der Waals surface area contributed by atoms with Gasteiger partial charge in [0.2, 0.25) is 17.7 Å². The highest BCUT2D eigenvalue weighted by Crippen LogP contribution is 2.26. The molecule has 3 fully saturated rings. The molecule has 0 radical (unpaired) electrons. The Morgan fingerprint density at radius 1 is 0.864 bits per heavy atom. The van der Waals surface area contributed by atoms with Gasteiger partial charge in [0.15, 0.2) is 0 Å². The molecule has 1 atom stereocenters. The normalized spacial score (nSPS) is 26.9. The number of hydrogen-bond donors (Lipinski definition) is 1. The van der Waals surface area contributed by atoms with Crippen molar-refractivity contribution in [2.75, 3.05) is 26.2 Å². The highest BCUT2D eigenvalue weighted by atomic mass is 16.2. The van der Waals surface area contributed by atoms with Crippen LogP contribution in [0.15, 0.2) is 0 Å². The number of nitrogens with zero attached hydrogens (tertiary/aromatic N) is 2. The Hall–Kier alpha value is -1.59. The van der Waals surface area contributed by atoms with Crippen molar-refractivity contribution in [3.63, 3.8) is 0 Å². The number of nitrogens with one attached hydrogen (secondary N) is 1. The Balaban J connectivity index is 1.48. The van der Waals surface area contributed by atoms with E-state index in [2.05, 4.69) is 5.32 Å². The van der Waals surface area contributed by atoms with Crippen LogP contribution in [0.4, 0.5) is 0 Å². The number of carbonyl (C=O) groups is 3. The molecule has 3 aliphatic rings. The van der Waals surface area contributed by atoms with Gasteiger partial charge in [-0.1, -0.05) is 19.3 Å². The molecule has 2 aliphatic heterocycles. The maximum absolute atomic E-state index is 12.5. The third-order valence-corrected chi connectivity index (χ3v) is 5.15. The van der Waals surface area contributed by atoms with E-state index < -0.39 is 0 Å². The largest absolute Gasteiger partial charge is 0.344 e. The highest BCUT2D eigenvalue weighted by Gasteiger charge is 2.34.